The molecule has 0 bridgehead atoms. The van der Waals surface area contributed by atoms with Crippen LogP contribution in [0, 0.1) is 0 Å². The molecule has 2 N–H and O–H groups in total. The number of hydrogen-bond donors (Lipinski definition) is 2. The number of thioether (sulfide) groups is 2. The molecule has 0 aromatic carbocycles. The van der Waals surface area contributed by atoms with E-state index in [1.54, 1.807) is 6.33 Å². The topological polar surface area (TPSA) is 79.6 Å². The third kappa shape index (κ3) is 2.36. The summed E-state index contributed by atoms with van der Waals surface area (Å²) < 4.78 is 5.46. The second-order valence-electron chi connectivity index (χ2n) is 4.89. The number of aromatic amines is 1. The van der Waals surface area contributed by atoms with Gasteiger partial charge in [-0.25, -0.2) is 4.98 Å². The number of H-pyrrole nitrogens is 1. The number of nitrogens with zero attached hydrogens (tertiary/aromatic N) is 3. The summed E-state index contributed by atoms with van der Waals surface area (Å²) >= 11 is 3.88. The Morgan fingerprint density at radius 1 is 1.35 bits per heavy atom. The molecule has 0 aliphatic carbocycles. The van der Waals surface area contributed by atoms with Crippen molar-refractivity contribution in [1.29, 1.82) is 0 Å². The zero-order chi connectivity index (χ0) is 13.4. The van der Waals surface area contributed by atoms with Crippen LogP contribution in [0.15, 0.2) is 10.9 Å². The fraction of sp³-hybridized carbons (Fsp3) is 0.583. The lowest BCUT2D eigenvalue weighted by atomic mass is 10.1. The molecule has 2 aromatic heterocycles. The van der Waals surface area contributed by atoms with Gasteiger partial charge in [-0.2, -0.15) is 16.7 Å². The van der Waals surface area contributed by atoms with Gasteiger partial charge in [-0.3, -0.25) is 5.32 Å². The van der Waals surface area contributed by atoms with E-state index in [0.717, 1.165) is 41.7 Å². The van der Waals surface area contributed by atoms with Gasteiger partial charge in [-0.1, -0.05) is 5.16 Å². The van der Waals surface area contributed by atoms with Crippen LogP contribution in [0.4, 0.5) is 0 Å². The van der Waals surface area contributed by atoms with Gasteiger partial charge >= 0.3 is 0 Å². The molecule has 20 heavy (non-hydrogen) atoms. The van der Waals surface area contributed by atoms with Crippen molar-refractivity contribution in [2.45, 2.75) is 24.3 Å². The average molecular weight is 309 g/mol. The summed E-state index contributed by atoms with van der Waals surface area (Å²) in [5, 5.41) is 7.96. The molecule has 1 fully saturated rings. The van der Waals surface area contributed by atoms with Crippen LogP contribution in [0.1, 0.15) is 34.4 Å². The van der Waals surface area contributed by atoms with Gasteiger partial charge in [0.25, 0.3) is 0 Å². The lowest BCUT2D eigenvalue weighted by Crippen LogP contribution is -2.28. The fourth-order valence-electron chi connectivity index (χ4n) is 2.50. The molecule has 4 heterocycles. The molecular formula is C12H15N5OS2. The molecule has 8 heteroatoms. The minimum atomic E-state index is 0.0771. The van der Waals surface area contributed by atoms with Gasteiger partial charge in [-0.05, 0) is 0 Å². The Morgan fingerprint density at radius 2 is 2.35 bits per heavy atom. The second-order valence-corrected chi connectivity index (χ2v) is 7.35. The minimum Gasteiger partial charge on any atom is -0.347 e. The first-order valence-corrected chi connectivity index (χ1v) is 8.88. The van der Waals surface area contributed by atoms with Crippen molar-refractivity contribution in [3.05, 3.63) is 29.4 Å². The maximum atomic E-state index is 5.46. The summed E-state index contributed by atoms with van der Waals surface area (Å²) in [4.78, 5) is 12.1. The van der Waals surface area contributed by atoms with Crippen molar-refractivity contribution in [1.82, 2.24) is 25.4 Å². The molecule has 0 amide bonds. The Labute approximate surface area is 124 Å². The Bertz CT molecular complexity index is 592. The predicted molar refractivity (Wildman–Crippen MR) is 78.7 cm³/mol. The number of imidazole rings is 1. The van der Waals surface area contributed by atoms with Gasteiger partial charge in [0.15, 0.2) is 5.82 Å². The largest absolute Gasteiger partial charge is 0.347 e. The van der Waals surface area contributed by atoms with Gasteiger partial charge < -0.3 is 9.51 Å². The SMILES string of the molecule is c1nc2c([nH]1)CNC(c1nc(C3CSCCS3)no1)C2. The molecule has 2 aromatic rings. The zero-order valence-corrected chi connectivity index (χ0v) is 12.5. The quantitative estimate of drug-likeness (QED) is 0.874. The highest BCUT2D eigenvalue weighted by Gasteiger charge is 2.28. The number of fused-ring (bicyclic) bond motifs is 1. The van der Waals surface area contributed by atoms with Gasteiger partial charge in [0.05, 0.1) is 29.0 Å². The van der Waals surface area contributed by atoms with Gasteiger partial charge in [0.2, 0.25) is 5.89 Å². The molecule has 1 saturated heterocycles. The second kappa shape index (κ2) is 5.42. The van der Waals surface area contributed by atoms with Crippen LogP contribution in [0.5, 0.6) is 0 Å². The van der Waals surface area contributed by atoms with Crippen LogP contribution in [-0.4, -0.2) is 37.4 Å². The van der Waals surface area contributed by atoms with E-state index in [1.165, 1.54) is 5.75 Å². The molecule has 0 radical (unpaired) electrons. The van der Waals surface area contributed by atoms with Crippen molar-refractivity contribution in [2.75, 3.05) is 17.3 Å². The molecule has 0 saturated carbocycles. The Balaban J connectivity index is 1.51. The number of aromatic nitrogens is 4. The summed E-state index contributed by atoms with van der Waals surface area (Å²) in [6.07, 6.45) is 2.54. The molecule has 4 rings (SSSR count). The van der Waals surface area contributed by atoms with E-state index in [2.05, 4.69) is 25.4 Å². The smallest absolute Gasteiger partial charge is 0.244 e. The van der Waals surface area contributed by atoms with Gasteiger partial charge in [-0.15, -0.1) is 11.8 Å². The van der Waals surface area contributed by atoms with Crippen LogP contribution in [0.3, 0.4) is 0 Å². The Kier molecular flexibility index (Phi) is 3.45. The highest BCUT2D eigenvalue weighted by Crippen LogP contribution is 2.35. The molecular weight excluding hydrogens is 294 g/mol. The van der Waals surface area contributed by atoms with E-state index >= 15 is 0 Å². The first-order valence-electron chi connectivity index (χ1n) is 6.67. The van der Waals surface area contributed by atoms with E-state index in [9.17, 15) is 0 Å². The van der Waals surface area contributed by atoms with Gasteiger partial charge in [0, 0.05) is 30.2 Å². The fourth-order valence-corrected chi connectivity index (χ4v) is 5.09. The highest BCUT2D eigenvalue weighted by atomic mass is 32.2. The lowest BCUT2D eigenvalue weighted by molar-refractivity contribution is 0.317. The van der Waals surface area contributed by atoms with Crippen LogP contribution in [-0.2, 0) is 13.0 Å². The van der Waals surface area contributed by atoms with Crippen molar-refractivity contribution in [3.63, 3.8) is 0 Å². The van der Waals surface area contributed by atoms with Crippen LogP contribution in [0.25, 0.3) is 0 Å². The summed E-state index contributed by atoms with van der Waals surface area (Å²) in [6, 6.07) is 0.0771. The monoisotopic (exact) mass is 309 g/mol. The molecule has 2 unspecified atom stereocenters. The van der Waals surface area contributed by atoms with Crippen molar-refractivity contribution in [2.24, 2.45) is 0 Å². The minimum absolute atomic E-state index is 0.0771. The van der Waals surface area contributed by atoms with E-state index < -0.39 is 0 Å². The number of hydrogen-bond acceptors (Lipinski definition) is 7. The number of nitrogens with one attached hydrogen (secondary N) is 2. The maximum Gasteiger partial charge on any atom is 0.244 e. The van der Waals surface area contributed by atoms with Crippen LogP contribution < -0.4 is 5.32 Å². The molecule has 2 aliphatic rings. The average Bonchev–Trinajstić information content (AvgIpc) is 3.16. The molecule has 2 atom stereocenters. The van der Waals surface area contributed by atoms with Gasteiger partial charge in [0.1, 0.15) is 0 Å². The van der Waals surface area contributed by atoms with E-state index in [0.29, 0.717) is 11.1 Å². The third-order valence-corrected chi connectivity index (χ3v) is 6.34. The van der Waals surface area contributed by atoms with Crippen LogP contribution >= 0.6 is 23.5 Å². The van der Waals surface area contributed by atoms with Crippen molar-refractivity contribution >= 4 is 23.5 Å². The van der Waals surface area contributed by atoms with Crippen molar-refractivity contribution < 1.29 is 4.52 Å². The summed E-state index contributed by atoms with van der Waals surface area (Å²) in [5.41, 5.74) is 2.25. The zero-order valence-electron chi connectivity index (χ0n) is 10.8. The lowest BCUT2D eigenvalue weighted by Gasteiger charge is -2.19. The normalized spacial score (nSPS) is 26.4. The van der Waals surface area contributed by atoms with E-state index in [4.69, 9.17) is 4.52 Å². The number of rotatable bonds is 2. The molecule has 2 aliphatic heterocycles. The molecule has 106 valence electrons. The highest BCUT2D eigenvalue weighted by molar-refractivity contribution is 8.06. The Hall–Kier alpha value is -0.990. The summed E-state index contributed by atoms with van der Waals surface area (Å²) in [5.74, 6) is 4.98. The predicted octanol–water partition coefficient (Wildman–Crippen LogP) is 1.70. The molecule has 6 nitrogen and oxygen atoms in total. The summed E-state index contributed by atoms with van der Waals surface area (Å²) in [7, 11) is 0. The first kappa shape index (κ1) is 12.7. The summed E-state index contributed by atoms with van der Waals surface area (Å²) in [6.45, 7) is 0.770. The van der Waals surface area contributed by atoms with E-state index in [-0.39, 0.29) is 6.04 Å². The van der Waals surface area contributed by atoms with E-state index in [1.807, 2.05) is 23.5 Å². The van der Waals surface area contributed by atoms with Crippen molar-refractivity contribution in [3.8, 4) is 0 Å². The standard InChI is InChI=1S/C12H15N5OS2/c1-2-20-10(5-19-1)11-16-12(18-17-11)8-3-7-9(4-13-8)15-6-14-7/h6,8,10,13H,1-5H2,(H,14,15). The maximum absolute atomic E-state index is 5.46. The van der Waals surface area contributed by atoms with Crippen LogP contribution in [0.2, 0.25) is 0 Å². The first-order chi connectivity index (χ1) is 9.90. The Morgan fingerprint density at radius 3 is 3.25 bits per heavy atom. The third-order valence-electron chi connectivity index (χ3n) is 3.59. The molecule has 0 spiro atoms.